The van der Waals surface area contributed by atoms with Crippen molar-refractivity contribution in [3.8, 4) is 0 Å². The SMILES string of the molecule is CCC(C(=O)N(Cc1ccc(C)cc1)Cc1nc2cc(C)ccc2o1)c1ccccc1. The fraction of sp³-hybridized carbons (Fsp3) is 0.259. The fourth-order valence-corrected chi connectivity index (χ4v) is 3.90. The molecule has 4 nitrogen and oxygen atoms in total. The molecule has 3 aromatic carbocycles. The maximum atomic E-state index is 13.7. The number of fused-ring (bicyclic) bond motifs is 1. The number of aromatic nitrogens is 1. The lowest BCUT2D eigenvalue weighted by Crippen LogP contribution is -2.34. The summed E-state index contributed by atoms with van der Waals surface area (Å²) in [5.74, 6) is 0.454. The van der Waals surface area contributed by atoms with Crippen molar-refractivity contribution < 1.29 is 9.21 Å². The van der Waals surface area contributed by atoms with Crippen LogP contribution in [0.5, 0.6) is 0 Å². The first kappa shape index (κ1) is 20.9. The Morgan fingerprint density at radius 2 is 1.65 bits per heavy atom. The zero-order chi connectivity index (χ0) is 21.8. The van der Waals surface area contributed by atoms with Gasteiger partial charge in [0.2, 0.25) is 11.8 Å². The van der Waals surface area contributed by atoms with Gasteiger partial charge in [-0.1, -0.05) is 73.2 Å². The van der Waals surface area contributed by atoms with Crippen molar-refractivity contribution in [3.05, 3.63) is 101 Å². The van der Waals surface area contributed by atoms with Gasteiger partial charge in [-0.25, -0.2) is 4.98 Å². The number of carbonyl (C=O) groups excluding carboxylic acids is 1. The van der Waals surface area contributed by atoms with Crippen LogP contribution in [0, 0.1) is 13.8 Å². The number of hydrogen-bond acceptors (Lipinski definition) is 3. The van der Waals surface area contributed by atoms with Gasteiger partial charge in [-0.05, 0) is 49.1 Å². The lowest BCUT2D eigenvalue weighted by atomic mass is 9.94. The Labute approximate surface area is 183 Å². The van der Waals surface area contributed by atoms with Gasteiger partial charge >= 0.3 is 0 Å². The number of hydrogen-bond donors (Lipinski definition) is 0. The molecule has 0 spiro atoms. The molecule has 0 bridgehead atoms. The minimum absolute atomic E-state index is 0.0905. The fourth-order valence-electron chi connectivity index (χ4n) is 3.90. The topological polar surface area (TPSA) is 46.3 Å². The van der Waals surface area contributed by atoms with Crippen LogP contribution < -0.4 is 0 Å². The third-order valence-corrected chi connectivity index (χ3v) is 5.63. The largest absolute Gasteiger partial charge is 0.439 e. The molecule has 0 aliphatic heterocycles. The van der Waals surface area contributed by atoms with E-state index < -0.39 is 0 Å². The molecule has 158 valence electrons. The summed E-state index contributed by atoms with van der Waals surface area (Å²) < 4.78 is 5.97. The zero-order valence-corrected chi connectivity index (χ0v) is 18.3. The number of rotatable bonds is 7. The van der Waals surface area contributed by atoms with Crippen LogP contribution in [-0.2, 0) is 17.9 Å². The molecule has 1 heterocycles. The van der Waals surface area contributed by atoms with Crippen LogP contribution in [0.25, 0.3) is 11.1 Å². The highest BCUT2D eigenvalue weighted by Crippen LogP contribution is 2.25. The van der Waals surface area contributed by atoms with E-state index in [2.05, 4.69) is 43.1 Å². The van der Waals surface area contributed by atoms with Gasteiger partial charge in [0, 0.05) is 6.54 Å². The highest BCUT2D eigenvalue weighted by molar-refractivity contribution is 5.83. The summed E-state index contributed by atoms with van der Waals surface area (Å²) in [6.07, 6.45) is 0.736. The summed E-state index contributed by atoms with van der Waals surface area (Å²) >= 11 is 0. The first-order valence-electron chi connectivity index (χ1n) is 10.8. The van der Waals surface area contributed by atoms with Gasteiger partial charge in [-0.2, -0.15) is 0 Å². The standard InChI is InChI=1S/C27H28N2O2/c1-4-23(22-8-6-5-7-9-22)27(30)29(17-21-13-10-19(2)11-14-21)18-26-28-24-16-20(3)12-15-25(24)31-26/h5-16,23H,4,17-18H2,1-3H3. The Morgan fingerprint density at radius 3 is 2.35 bits per heavy atom. The van der Waals surface area contributed by atoms with E-state index >= 15 is 0 Å². The van der Waals surface area contributed by atoms with Crippen LogP contribution in [0.4, 0.5) is 0 Å². The molecule has 4 aromatic rings. The number of aryl methyl sites for hydroxylation is 2. The molecule has 1 amide bonds. The molecule has 4 heteroatoms. The maximum absolute atomic E-state index is 13.7. The molecule has 31 heavy (non-hydrogen) atoms. The molecule has 1 atom stereocenters. The average molecular weight is 413 g/mol. The average Bonchev–Trinajstić information content (AvgIpc) is 3.17. The third-order valence-electron chi connectivity index (χ3n) is 5.63. The van der Waals surface area contributed by atoms with E-state index in [1.807, 2.05) is 60.4 Å². The Kier molecular flexibility index (Phi) is 6.17. The molecule has 0 saturated heterocycles. The van der Waals surface area contributed by atoms with Crippen molar-refractivity contribution in [1.82, 2.24) is 9.88 Å². The predicted octanol–water partition coefficient (Wildman–Crippen LogP) is 6.17. The smallest absolute Gasteiger partial charge is 0.230 e. The van der Waals surface area contributed by atoms with Crippen molar-refractivity contribution in [3.63, 3.8) is 0 Å². The molecule has 0 aliphatic rings. The maximum Gasteiger partial charge on any atom is 0.230 e. The highest BCUT2D eigenvalue weighted by atomic mass is 16.3. The van der Waals surface area contributed by atoms with E-state index in [0.29, 0.717) is 19.0 Å². The van der Waals surface area contributed by atoms with E-state index in [4.69, 9.17) is 4.42 Å². The van der Waals surface area contributed by atoms with E-state index in [-0.39, 0.29) is 11.8 Å². The quantitative estimate of drug-likeness (QED) is 0.365. The molecule has 1 aromatic heterocycles. The van der Waals surface area contributed by atoms with E-state index in [1.165, 1.54) is 5.56 Å². The lowest BCUT2D eigenvalue weighted by molar-refractivity contribution is -0.134. The summed E-state index contributed by atoms with van der Waals surface area (Å²) in [5, 5.41) is 0. The molecule has 0 fully saturated rings. The van der Waals surface area contributed by atoms with Crippen molar-refractivity contribution in [2.24, 2.45) is 0 Å². The Bertz CT molecular complexity index is 1160. The van der Waals surface area contributed by atoms with E-state index in [1.54, 1.807) is 0 Å². The molecule has 0 N–H and O–H groups in total. The van der Waals surface area contributed by atoms with E-state index in [9.17, 15) is 4.79 Å². The Balaban J connectivity index is 1.65. The molecule has 4 rings (SSSR count). The van der Waals surface area contributed by atoms with Gasteiger partial charge < -0.3 is 9.32 Å². The number of oxazole rings is 1. The minimum Gasteiger partial charge on any atom is -0.439 e. The van der Waals surface area contributed by atoms with Gasteiger partial charge in [0.05, 0.1) is 12.5 Å². The Morgan fingerprint density at radius 1 is 0.935 bits per heavy atom. The first-order chi connectivity index (χ1) is 15.0. The number of carbonyl (C=O) groups is 1. The first-order valence-corrected chi connectivity index (χ1v) is 10.8. The van der Waals surface area contributed by atoms with Crippen LogP contribution in [0.15, 0.2) is 77.2 Å². The monoisotopic (exact) mass is 412 g/mol. The Hall–Kier alpha value is -3.40. The van der Waals surface area contributed by atoms with Crippen molar-refractivity contribution in [2.45, 2.75) is 46.2 Å². The van der Waals surface area contributed by atoms with Crippen molar-refractivity contribution in [1.29, 1.82) is 0 Å². The van der Waals surface area contributed by atoms with Crippen LogP contribution in [0.2, 0.25) is 0 Å². The van der Waals surface area contributed by atoms with Crippen LogP contribution in [0.1, 0.15) is 47.4 Å². The molecule has 0 aliphatic carbocycles. The molecule has 0 radical (unpaired) electrons. The number of benzene rings is 3. The summed E-state index contributed by atoms with van der Waals surface area (Å²) in [5.41, 5.74) is 6.04. The van der Waals surface area contributed by atoms with Crippen LogP contribution >= 0.6 is 0 Å². The third kappa shape index (κ3) is 4.85. The lowest BCUT2D eigenvalue weighted by Gasteiger charge is -2.26. The number of amides is 1. The van der Waals surface area contributed by atoms with Gasteiger partial charge in [0.25, 0.3) is 0 Å². The summed E-state index contributed by atoms with van der Waals surface area (Å²) in [4.78, 5) is 20.2. The van der Waals surface area contributed by atoms with Crippen molar-refractivity contribution in [2.75, 3.05) is 0 Å². The predicted molar refractivity (Wildman–Crippen MR) is 124 cm³/mol. The summed E-state index contributed by atoms with van der Waals surface area (Å²) in [6, 6.07) is 24.3. The summed E-state index contributed by atoms with van der Waals surface area (Å²) in [6.45, 7) is 7.01. The van der Waals surface area contributed by atoms with Crippen LogP contribution in [-0.4, -0.2) is 15.8 Å². The zero-order valence-electron chi connectivity index (χ0n) is 18.3. The summed E-state index contributed by atoms with van der Waals surface area (Å²) in [7, 11) is 0. The molecular formula is C27H28N2O2. The number of nitrogens with zero attached hydrogens (tertiary/aromatic N) is 2. The van der Waals surface area contributed by atoms with Gasteiger partial charge in [0.15, 0.2) is 5.58 Å². The van der Waals surface area contributed by atoms with Crippen LogP contribution in [0.3, 0.4) is 0 Å². The molecular weight excluding hydrogens is 384 g/mol. The molecule has 1 unspecified atom stereocenters. The second kappa shape index (κ2) is 9.17. The van der Waals surface area contributed by atoms with E-state index in [0.717, 1.165) is 34.2 Å². The van der Waals surface area contributed by atoms with Gasteiger partial charge in [0.1, 0.15) is 5.52 Å². The second-order valence-corrected chi connectivity index (χ2v) is 8.13. The van der Waals surface area contributed by atoms with Crippen molar-refractivity contribution >= 4 is 17.0 Å². The minimum atomic E-state index is -0.196. The van der Waals surface area contributed by atoms with Gasteiger partial charge in [-0.3, -0.25) is 4.79 Å². The second-order valence-electron chi connectivity index (χ2n) is 8.13. The van der Waals surface area contributed by atoms with Gasteiger partial charge in [-0.15, -0.1) is 0 Å². The highest BCUT2D eigenvalue weighted by Gasteiger charge is 2.26. The molecule has 0 saturated carbocycles. The normalized spacial score (nSPS) is 12.1.